The van der Waals surface area contributed by atoms with Crippen LogP contribution in [0.2, 0.25) is 0 Å². The van der Waals surface area contributed by atoms with Crippen LogP contribution in [0.1, 0.15) is 37.8 Å². The van der Waals surface area contributed by atoms with Gasteiger partial charge in [-0.25, -0.2) is 5.01 Å². The fourth-order valence-electron chi connectivity index (χ4n) is 2.98. The van der Waals surface area contributed by atoms with Crippen LogP contribution >= 0.6 is 0 Å². The van der Waals surface area contributed by atoms with Crippen LogP contribution in [0.3, 0.4) is 0 Å². The number of carbonyl (C=O) groups excluding carboxylic acids is 1. The van der Waals surface area contributed by atoms with Crippen molar-refractivity contribution in [1.29, 1.82) is 0 Å². The van der Waals surface area contributed by atoms with Crippen LogP contribution < -0.4 is 0 Å². The van der Waals surface area contributed by atoms with Crippen LogP contribution in [0.25, 0.3) is 0 Å². The van der Waals surface area contributed by atoms with E-state index in [4.69, 9.17) is 0 Å². The molecule has 0 radical (unpaired) electrons. The predicted octanol–water partition coefficient (Wildman–Crippen LogP) is 2.75. The monoisotopic (exact) mass is 228 g/mol. The molecule has 0 saturated heterocycles. The molecular weight excluding hydrogens is 212 g/mol. The number of hydrazone groups is 1. The summed E-state index contributed by atoms with van der Waals surface area (Å²) in [5, 5.41) is 6.18. The molecular formula is C14H16N2O. The first kappa shape index (κ1) is 10.5. The number of hydrogen-bond acceptors (Lipinski definition) is 2. The topological polar surface area (TPSA) is 32.7 Å². The fourth-order valence-corrected chi connectivity index (χ4v) is 2.98. The smallest absolute Gasteiger partial charge is 0.240 e. The molecule has 1 amide bonds. The number of benzene rings is 1. The molecule has 0 aromatic heterocycles. The third-order valence-corrected chi connectivity index (χ3v) is 3.72. The van der Waals surface area contributed by atoms with Crippen molar-refractivity contribution in [2.24, 2.45) is 11.0 Å². The summed E-state index contributed by atoms with van der Waals surface area (Å²) in [5.41, 5.74) is 2.42. The van der Waals surface area contributed by atoms with E-state index >= 15 is 0 Å². The van der Waals surface area contributed by atoms with Crippen LogP contribution in [0.15, 0.2) is 35.4 Å². The molecule has 0 spiro atoms. The zero-order chi connectivity index (χ0) is 11.8. The van der Waals surface area contributed by atoms with Crippen molar-refractivity contribution in [3.8, 4) is 0 Å². The van der Waals surface area contributed by atoms with Gasteiger partial charge in [0.25, 0.3) is 0 Å². The highest BCUT2D eigenvalue weighted by Crippen LogP contribution is 2.43. The van der Waals surface area contributed by atoms with E-state index < -0.39 is 0 Å². The van der Waals surface area contributed by atoms with E-state index in [0.717, 1.165) is 12.8 Å². The van der Waals surface area contributed by atoms with Gasteiger partial charge in [-0.2, -0.15) is 5.10 Å². The van der Waals surface area contributed by atoms with E-state index in [0.29, 0.717) is 5.92 Å². The van der Waals surface area contributed by atoms with E-state index in [2.05, 4.69) is 17.2 Å². The molecule has 3 nitrogen and oxygen atoms in total. The third kappa shape index (κ3) is 1.66. The zero-order valence-corrected chi connectivity index (χ0v) is 9.97. The molecule has 3 heteroatoms. The van der Waals surface area contributed by atoms with Crippen molar-refractivity contribution in [1.82, 2.24) is 5.01 Å². The Bertz CT molecular complexity index is 466. The molecule has 3 rings (SSSR count). The molecule has 1 aliphatic carbocycles. The van der Waals surface area contributed by atoms with Gasteiger partial charge in [-0.15, -0.1) is 0 Å². The van der Waals surface area contributed by atoms with Gasteiger partial charge < -0.3 is 0 Å². The van der Waals surface area contributed by atoms with Gasteiger partial charge in [-0.3, -0.25) is 4.79 Å². The van der Waals surface area contributed by atoms with Gasteiger partial charge in [0.15, 0.2) is 0 Å². The second-order valence-electron chi connectivity index (χ2n) is 4.81. The summed E-state index contributed by atoms with van der Waals surface area (Å²) < 4.78 is 0. The largest absolute Gasteiger partial charge is 0.273 e. The van der Waals surface area contributed by atoms with Crippen molar-refractivity contribution in [2.75, 3.05) is 0 Å². The van der Waals surface area contributed by atoms with Crippen molar-refractivity contribution in [3.63, 3.8) is 0 Å². The lowest BCUT2D eigenvalue weighted by atomic mass is 9.91. The SMILES string of the molecule is CC(=O)N1N=C2CCCC2C1c1ccccc1. The van der Waals surface area contributed by atoms with Gasteiger partial charge in [-0.1, -0.05) is 30.3 Å². The highest BCUT2D eigenvalue weighted by molar-refractivity contribution is 5.93. The number of hydrogen-bond donors (Lipinski definition) is 0. The maximum atomic E-state index is 11.7. The second kappa shape index (κ2) is 3.99. The summed E-state index contributed by atoms with van der Waals surface area (Å²) in [6.45, 7) is 1.60. The van der Waals surface area contributed by atoms with Crippen LogP contribution in [-0.4, -0.2) is 16.6 Å². The number of carbonyl (C=O) groups is 1. The number of rotatable bonds is 1. The standard InChI is InChI=1S/C14H16N2O/c1-10(17)16-14(11-6-3-2-4-7-11)12-8-5-9-13(12)15-16/h2-4,6-7,12,14H,5,8-9H2,1H3. The average Bonchev–Trinajstić information content (AvgIpc) is 2.89. The average molecular weight is 228 g/mol. The first-order chi connectivity index (χ1) is 8.27. The quantitative estimate of drug-likeness (QED) is 0.727. The maximum absolute atomic E-state index is 11.7. The van der Waals surface area contributed by atoms with Gasteiger partial charge >= 0.3 is 0 Å². The minimum Gasteiger partial charge on any atom is -0.273 e. The normalized spacial score (nSPS) is 26.9. The summed E-state index contributed by atoms with van der Waals surface area (Å²) in [6, 6.07) is 10.4. The molecule has 2 unspecified atom stereocenters. The van der Waals surface area contributed by atoms with Gasteiger partial charge in [0.1, 0.15) is 0 Å². The molecule has 1 fully saturated rings. The summed E-state index contributed by atoms with van der Waals surface area (Å²) >= 11 is 0. The van der Waals surface area contributed by atoms with Gasteiger partial charge in [0.05, 0.1) is 6.04 Å². The van der Waals surface area contributed by atoms with Gasteiger partial charge in [0, 0.05) is 18.6 Å². The van der Waals surface area contributed by atoms with Crippen LogP contribution in [0.5, 0.6) is 0 Å². The van der Waals surface area contributed by atoms with Gasteiger partial charge in [0.2, 0.25) is 5.91 Å². The molecule has 88 valence electrons. The third-order valence-electron chi connectivity index (χ3n) is 3.72. The summed E-state index contributed by atoms with van der Waals surface area (Å²) in [7, 11) is 0. The Labute approximate surface area is 101 Å². The zero-order valence-electron chi connectivity index (χ0n) is 9.97. The number of fused-ring (bicyclic) bond motifs is 1. The first-order valence-electron chi connectivity index (χ1n) is 6.19. The summed E-state index contributed by atoms with van der Waals surface area (Å²) in [6.07, 6.45) is 3.42. The molecule has 2 atom stereocenters. The van der Waals surface area contributed by atoms with Crippen LogP contribution in [-0.2, 0) is 4.79 Å². The summed E-state index contributed by atoms with van der Waals surface area (Å²) in [5.74, 6) is 0.488. The van der Waals surface area contributed by atoms with E-state index in [1.54, 1.807) is 11.9 Å². The number of amides is 1. The van der Waals surface area contributed by atoms with E-state index in [-0.39, 0.29) is 11.9 Å². The molecule has 0 N–H and O–H groups in total. The minimum absolute atomic E-state index is 0.0424. The molecule has 1 saturated carbocycles. The molecule has 1 aliphatic heterocycles. The second-order valence-corrected chi connectivity index (χ2v) is 4.81. The molecule has 2 aliphatic rings. The highest BCUT2D eigenvalue weighted by atomic mass is 16.2. The summed E-state index contributed by atoms with van der Waals surface area (Å²) in [4.78, 5) is 11.7. The lowest BCUT2D eigenvalue weighted by Crippen LogP contribution is -2.28. The lowest BCUT2D eigenvalue weighted by molar-refractivity contribution is -0.131. The molecule has 1 aromatic carbocycles. The van der Waals surface area contributed by atoms with Crippen molar-refractivity contribution < 1.29 is 4.79 Å². The fraction of sp³-hybridized carbons (Fsp3) is 0.429. The van der Waals surface area contributed by atoms with Crippen LogP contribution in [0, 0.1) is 5.92 Å². The Morgan fingerprint density at radius 1 is 1.35 bits per heavy atom. The Balaban J connectivity index is 1.99. The maximum Gasteiger partial charge on any atom is 0.240 e. The van der Waals surface area contributed by atoms with Gasteiger partial charge in [-0.05, 0) is 24.8 Å². The Kier molecular flexibility index (Phi) is 2.46. The first-order valence-corrected chi connectivity index (χ1v) is 6.19. The van der Waals surface area contributed by atoms with Crippen molar-refractivity contribution >= 4 is 11.6 Å². The molecule has 0 bridgehead atoms. The van der Waals surface area contributed by atoms with E-state index in [1.807, 2.05) is 18.2 Å². The van der Waals surface area contributed by atoms with E-state index in [9.17, 15) is 4.79 Å². The van der Waals surface area contributed by atoms with Crippen molar-refractivity contribution in [3.05, 3.63) is 35.9 Å². The highest BCUT2D eigenvalue weighted by Gasteiger charge is 2.42. The molecule has 1 heterocycles. The van der Waals surface area contributed by atoms with E-state index in [1.165, 1.54) is 17.7 Å². The van der Waals surface area contributed by atoms with Crippen molar-refractivity contribution in [2.45, 2.75) is 32.2 Å². The predicted molar refractivity (Wildman–Crippen MR) is 66.5 cm³/mol. The minimum atomic E-state index is 0.0424. The lowest BCUT2D eigenvalue weighted by Gasteiger charge is -2.24. The molecule has 1 aromatic rings. The van der Waals surface area contributed by atoms with Crippen LogP contribution in [0.4, 0.5) is 0 Å². The Morgan fingerprint density at radius 3 is 2.82 bits per heavy atom. The number of nitrogens with zero attached hydrogens (tertiary/aromatic N) is 2. The Morgan fingerprint density at radius 2 is 2.12 bits per heavy atom. The Hall–Kier alpha value is -1.64. The molecule has 17 heavy (non-hydrogen) atoms.